The second kappa shape index (κ2) is 8.50. The first-order valence-electron chi connectivity index (χ1n) is 6.60. The van der Waals surface area contributed by atoms with Crippen molar-refractivity contribution in [2.75, 3.05) is 11.1 Å². The van der Waals surface area contributed by atoms with Gasteiger partial charge in [0.25, 0.3) is 0 Å². The molecule has 0 N–H and O–H groups in total. The van der Waals surface area contributed by atoms with Crippen LogP contribution in [0.25, 0.3) is 0 Å². The zero-order chi connectivity index (χ0) is 13.4. The summed E-state index contributed by atoms with van der Waals surface area (Å²) in [6, 6.07) is 8.13. The van der Waals surface area contributed by atoms with Crippen LogP contribution in [0.3, 0.4) is 0 Å². The van der Waals surface area contributed by atoms with Crippen molar-refractivity contribution in [2.24, 2.45) is 5.41 Å². The molecular formula is C15H22BrClS. The number of benzene rings is 1. The van der Waals surface area contributed by atoms with Crippen molar-refractivity contribution in [3.63, 3.8) is 0 Å². The van der Waals surface area contributed by atoms with Crippen LogP contribution in [-0.4, -0.2) is 11.1 Å². The van der Waals surface area contributed by atoms with Gasteiger partial charge >= 0.3 is 0 Å². The van der Waals surface area contributed by atoms with Crippen LogP contribution in [0.1, 0.15) is 39.5 Å². The molecule has 0 aliphatic rings. The minimum Gasteiger partial charge on any atom is -0.124 e. The summed E-state index contributed by atoms with van der Waals surface area (Å²) < 4.78 is 0. The quantitative estimate of drug-likeness (QED) is 0.386. The Bertz CT molecular complexity index is 348. The topological polar surface area (TPSA) is 0 Å². The molecule has 1 aromatic rings. The Morgan fingerprint density at radius 3 is 2.28 bits per heavy atom. The van der Waals surface area contributed by atoms with Crippen LogP contribution in [0, 0.1) is 5.41 Å². The normalized spacial score (nSPS) is 11.8. The predicted octanol–water partition coefficient (Wildman–Crippen LogP) is 6.41. The Balaban J connectivity index is 2.69. The molecule has 0 fully saturated rings. The molecule has 3 heteroatoms. The monoisotopic (exact) mass is 348 g/mol. The molecule has 0 saturated heterocycles. The molecule has 0 aliphatic heterocycles. The molecule has 102 valence electrons. The highest BCUT2D eigenvalue weighted by Crippen LogP contribution is 2.39. The van der Waals surface area contributed by atoms with Gasteiger partial charge in [0.1, 0.15) is 0 Å². The number of rotatable bonds is 8. The highest BCUT2D eigenvalue weighted by atomic mass is 79.9. The molecule has 0 nitrogen and oxygen atoms in total. The van der Waals surface area contributed by atoms with Crippen molar-refractivity contribution < 1.29 is 0 Å². The van der Waals surface area contributed by atoms with Gasteiger partial charge in [-0.3, -0.25) is 0 Å². The Hall–Kier alpha value is 0.340. The lowest BCUT2D eigenvalue weighted by molar-refractivity contribution is 0.320. The summed E-state index contributed by atoms with van der Waals surface area (Å²) in [4.78, 5) is 1.21. The van der Waals surface area contributed by atoms with Gasteiger partial charge in [0.15, 0.2) is 0 Å². The summed E-state index contributed by atoms with van der Waals surface area (Å²) in [5, 5.41) is 1.96. The van der Waals surface area contributed by atoms with Crippen LogP contribution in [0.2, 0.25) is 5.02 Å². The van der Waals surface area contributed by atoms with E-state index < -0.39 is 0 Å². The molecule has 0 amide bonds. The van der Waals surface area contributed by atoms with E-state index in [1.54, 1.807) is 0 Å². The summed E-state index contributed by atoms with van der Waals surface area (Å²) in [7, 11) is 0. The molecule has 0 heterocycles. The molecule has 0 aromatic heterocycles. The second-order valence-corrected chi connectivity index (χ2v) is 6.84. The third-order valence-corrected chi connectivity index (χ3v) is 6.27. The molecule has 0 radical (unpaired) electrons. The lowest BCUT2D eigenvalue weighted by atomic mass is 9.83. The van der Waals surface area contributed by atoms with Gasteiger partial charge in [-0.2, -0.15) is 0 Å². The predicted molar refractivity (Wildman–Crippen MR) is 88.2 cm³/mol. The minimum atomic E-state index is 0.410. The average Bonchev–Trinajstić information content (AvgIpc) is 2.38. The van der Waals surface area contributed by atoms with Gasteiger partial charge in [-0.25, -0.2) is 0 Å². The molecule has 1 aromatic carbocycles. The van der Waals surface area contributed by atoms with Gasteiger partial charge < -0.3 is 0 Å². The van der Waals surface area contributed by atoms with E-state index in [0.717, 1.165) is 16.1 Å². The van der Waals surface area contributed by atoms with Crippen molar-refractivity contribution in [2.45, 2.75) is 44.4 Å². The summed E-state index contributed by atoms with van der Waals surface area (Å²) in [6.45, 7) is 4.54. The van der Waals surface area contributed by atoms with Crippen molar-refractivity contribution in [1.82, 2.24) is 0 Å². The number of halogens is 2. The van der Waals surface area contributed by atoms with Crippen LogP contribution in [0.5, 0.6) is 0 Å². The fourth-order valence-electron chi connectivity index (χ4n) is 2.29. The summed E-state index contributed by atoms with van der Waals surface area (Å²) in [5.41, 5.74) is 0.410. The highest BCUT2D eigenvalue weighted by Gasteiger charge is 2.27. The number of hydrogen-bond donors (Lipinski definition) is 0. The van der Waals surface area contributed by atoms with Gasteiger partial charge in [-0.1, -0.05) is 66.4 Å². The first-order chi connectivity index (χ1) is 8.67. The summed E-state index contributed by atoms with van der Waals surface area (Å²) in [6.07, 6.45) is 5.05. The van der Waals surface area contributed by atoms with E-state index in [4.69, 9.17) is 11.6 Å². The van der Waals surface area contributed by atoms with Crippen LogP contribution in [-0.2, 0) is 0 Å². The molecule has 0 unspecified atom stereocenters. The van der Waals surface area contributed by atoms with E-state index in [2.05, 4.69) is 41.9 Å². The fourth-order valence-corrected chi connectivity index (χ4v) is 4.85. The van der Waals surface area contributed by atoms with Crippen molar-refractivity contribution in [3.05, 3.63) is 29.3 Å². The van der Waals surface area contributed by atoms with E-state index in [1.165, 1.54) is 30.6 Å². The lowest BCUT2D eigenvalue weighted by Gasteiger charge is -2.31. The van der Waals surface area contributed by atoms with E-state index in [-0.39, 0.29) is 0 Å². The van der Waals surface area contributed by atoms with Gasteiger partial charge in [0.05, 0.1) is 5.02 Å². The minimum absolute atomic E-state index is 0.410. The van der Waals surface area contributed by atoms with Crippen LogP contribution < -0.4 is 0 Å². The summed E-state index contributed by atoms with van der Waals surface area (Å²) in [5.74, 6) is 1.14. The van der Waals surface area contributed by atoms with Crippen LogP contribution in [0.15, 0.2) is 29.2 Å². The van der Waals surface area contributed by atoms with E-state index in [0.29, 0.717) is 5.41 Å². The molecule has 0 atom stereocenters. The largest absolute Gasteiger partial charge is 0.124 e. The SMILES string of the molecule is CCCC(CBr)(CCC)CSc1ccccc1Cl. The number of alkyl halides is 1. The van der Waals surface area contributed by atoms with Gasteiger partial charge in [-0.15, -0.1) is 11.8 Å². The summed E-state index contributed by atoms with van der Waals surface area (Å²) >= 11 is 11.8. The molecule has 0 bridgehead atoms. The Morgan fingerprint density at radius 2 is 1.78 bits per heavy atom. The lowest BCUT2D eigenvalue weighted by Crippen LogP contribution is -2.25. The van der Waals surface area contributed by atoms with E-state index in [1.807, 2.05) is 23.9 Å². The maximum absolute atomic E-state index is 6.22. The number of thioether (sulfide) groups is 1. The molecule has 18 heavy (non-hydrogen) atoms. The second-order valence-electron chi connectivity index (χ2n) is 4.85. The average molecular weight is 350 g/mol. The first-order valence-corrected chi connectivity index (χ1v) is 9.09. The van der Waals surface area contributed by atoms with Crippen LogP contribution in [0.4, 0.5) is 0 Å². The molecule has 1 rings (SSSR count). The maximum atomic E-state index is 6.22. The third-order valence-electron chi connectivity index (χ3n) is 3.21. The van der Waals surface area contributed by atoms with Crippen molar-refractivity contribution >= 4 is 39.3 Å². The van der Waals surface area contributed by atoms with Gasteiger partial charge in [-0.05, 0) is 30.4 Å². The molecule has 0 spiro atoms. The van der Waals surface area contributed by atoms with Crippen molar-refractivity contribution in [1.29, 1.82) is 0 Å². The molecule has 0 aliphatic carbocycles. The fraction of sp³-hybridized carbons (Fsp3) is 0.600. The van der Waals surface area contributed by atoms with Crippen LogP contribution >= 0.6 is 39.3 Å². The van der Waals surface area contributed by atoms with E-state index >= 15 is 0 Å². The zero-order valence-electron chi connectivity index (χ0n) is 11.2. The van der Waals surface area contributed by atoms with E-state index in [9.17, 15) is 0 Å². The first kappa shape index (κ1) is 16.4. The molecule has 0 saturated carbocycles. The van der Waals surface area contributed by atoms with Gasteiger partial charge in [0, 0.05) is 16.0 Å². The maximum Gasteiger partial charge on any atom is 0.0541 e. The highest BCUT2D eigenvalue weighted by molar-refractivity contribution is 9.09. The number of hydrogen-bond acceptors (Lipinski definition) is 1. The third kappa shape index (κ3) is 4.79. The Labute approximate surface area is 129 Å². The smallest absolute Gasteiger partial charge is 0.0541 e. The Kier molecular flexibility index (Phi) is 7.74. The zero-order valence-corrected chi connectivity index (χ0v) is 14.4. The van der Waals surface area contributed by atoms with Gasteiger partial charge in [0.2, 0.25) is 0 Å². The van der Waals surface area contributed by atoms with Crippen molar-refractivity contribution in [3.8, 4) is 0 Å². The standard InChI is InChI=1S/C15H22BrClS/c1-3-9-15(11-16,10-4-2)12-18-14-8-6-5-7-13(14)17/h5-8H,3-4,9-12H2,1-2H3. The molecular weight excluding hydrogens is 328 g/mol. The Morgan fingerprint density at radius 1 is 1.17 bits per heavy atom.